The van der Waals surface area contributed by atoms with Crippen molar-refractivity contribution < 1.29 is 19.4 Å². The van der Waals surface area contributed by atoms with E-state index in [0.717, 1.165) is 23.1 Å². The maximum atomic E-state index is 13.2. The zero-order chi connectivity index (χ0) is 24.2. The van der Waals surface area contributed by atoms with Crippen LogP contribution < -0.4 is 4.74 Å². The summed E-state index contributed by atoms with van der Waals surface area (Å²) in [7, 11) is 0. The fourth-order valence-corrected chi connectivity index (χ4v) is 4.13. The van der Waals surface area contributed by atoms with Gasteiger partial charge in [0.15, 0.2) is 0 Å². The molecule has 0 radical (unpaired) electrons. The van der Waals surface area contributed by atoms with Crippen LogP contribution in [0.25, 0.3) is 5.76 Å². The molecule has 174 valence electrons. The molecule has 0 spiro atoms. The van der Waals surface area contributed by atoms with Gasteiger partial charge in [0.25, 0.3) is 11.7 Å². The van der Waals surface area contributed by atoms with Gasteiger partial charge in [-0.3, -0.25) is 14.6 Å². The van der Waals surface area contributed by atoms with Crippen molar-refractivity contribution in [1.82, 2.24) is 9.88 Å². The molecule has 1 aliphatic rings. The molecule has 6 nitrogen and oxygen atoms in total. The van der Waals surface area contributed by atoms with Crippen molar-refractivity contribution in [3.05, 3.63) is 101 Å². The number of pyridine rings is 1. The first kappa shape index (κ1) is 23.2. The van der Waals surface area contributed by atoms with E-state index in [2.05, 4.69) is 11.9 Å². The molecule has 1 aromatic heterocycles. The molecule has 2 aromatic carbocycles. The summed E-state index contributed by atoms with van der Waals surface area (Å²) in [6, 6.07) is 17.6. The van der Waals surface area contributed by atoms with E-state index in [4.69, 9.17) is 4.74 Å². The quantitative estimate of drug-likeness (QED) is 0.306. The van der Waals surface area contributed by atoms with Crippen LogP contribution >= 0.6 is 0 Å². The molecule has 3 aromatic rings. The van der Waals surface area contributed by atoms with Crippen molar-refractivity contribution in [1.29, 1.82) is 0 Å². The summed E-state index contributed by atoms with van der Waals surface area (Å²) in [5, 5.41) is 11.2. The van der Waals surface area contributed by atoms with Crippen LogP contribution in [0, 0.1) is 0 Å². The minimum Gasteiger partial charge on any atom is -0.507 e. The van der Waals surface area contributed by atoms with E-state index in [-0.39, 0.29) is 24.0 Å². The highest BCUT2D eigenvalue weighted by Gasteiger charge is 2.46. The Kier molecular flexibility index (Phi) is 6.77. The van der Waals surface area contributed by atoms with Crippen LogP contribution in [0.4, 0.5) is 0 Å². The number of Topliss-reactive ketones (excluding diaryl/α,β-unsaturated/α-hetero) is 1. The molecular formula is C28H28N2O4. The molecule has 2 heterocycles. The van der Waals surface area contributed by atoms with Crippen LogP contribution in [0.1, 0.15) is 49.1 Å². The number of aryl methyl sites for hydroxylation is 1. The lowest BCUT2D eigenvalue weighted by Crippen LogP contribution is -2.29. The molecule has 1 atom stereocenters. The highest BCUT2D eigenvalue weighted by Crippen LogP contribution is 2.40. The number of amides is 1. The van der Waals surface area contributed by atoms with Crippen molar-refractivity contribution >= 4 is 17.4 Å². The number of likely N-dealkylation sites (tertiary alicyclic amines) is 1. The molecule has 1 aliphatic heterocycles. The Morgan fingerprint density at radius 3 is 2.32 bits per heavy atom. The van der Waals surface area contributed by atoms with Crippen LogP contribution in [0.2, 0.25) is 0 Å². The molecule has 0 saturated carbocycles. The number of aromatic nitrogens is 1. The number of carbonyl (C=O) groups excluding carboxylic acids is 2. The largest absolute Gasteiger partial charge is 0.507 e. The van der Waals surface area contributed by atoms with Gasteiger partial charge >= 0.3 is 0 Å². The van der Waals surface area contributed by atoms with Crippen molar-refractivity contribution in [2.45, 2.75) is 45.9 Å². The van der Waals surface area contributed by atoms with Crippen LogP contribution in [-0.4, -0.2) is 32.8 Å². The summed E-state index contributed by atoms with van der Waals surface area (Å²) in [6.07, 6.45) is 4.22. The van der Waals surface area contributed by atoms with Gasteiger partial charge in [-0.2, -0.15) is 0 Å². The van der Waals surface area contributed by atoms with Crippen molar-refractivity contribution in [3.63, 3.8) is 0 Å². The van der Waals surface area contributed by atoms with Gasteiger partial charge in [0, 0.05) is 24.5 Å². The number of hydrogen-bond donors (Lipinski definition) is 1. The Hall–Kier alpha value is -3.93. The number of ether oxygens (including phenoxy) is 1. The Morgan fingerprint density at radius 1 is 1.03 bits per heavy atom. The molecule has 1 amide bonds. The van der Waals surface area contributed by atoms with E-state index in [1.54, 1.807) is 42.7 Å². The average Bonchev–Trinajstić information content (AvgIpc) is 3.09. The maximum Gasteiger partial charge on any atom is 0.295 e. The molecule has 0 aliphatic carbocycles. The number of benzene rings is 2. The molecule has 1 saturated heterocycles. The van der Waals surface area contributed by atoms with E-state index in [1.165, 1.54) is 4.90 Å². The fraction of sp³-hybridized carbons (Fsp3) is 0.250. The second kappa shape index (κ2) is 9.91. The number of nitrogens with zero attached hydrogens (tertiary/aromatic N) is 2. The molecule has 4 rings (SSSR count). The van der Waals surface area contributed by atoms with Crippen molar-refractivity contribution in [2.24, 2.45) is 0 Å². The Morgan fingerprint density at radius 2 is 1.74 bits per heavy atom. The topological polar surface area (TPSA) is 79.7 Å². The number of aliphatic hydroxyl groups excluding tert-OH is 1. The second-order valence-electron chi connectivity index (χ2n) is 8.57. The maximum absolute atomic E-state index is 13.2. The smallest absolute Gasteiger partial charge is 0.295 e. The molecular weight excluding hydrogens is 428 g/mol. The summed E-state index contributed by atoms with van der Waals surface area (Å²) in [5.41, 5.74) is 3.24. The van der Waals surface area contributed by atoms with Crippen LogP contribution in [0.3, 0.4) is 0 Å². The molecule has 0 bridgehead atoms. The number of hydrogen-bond acceptors (Lipinski definition) is 5. The SMILES string of the molecule is CCc1ccc([C@H]2C(=C(O)c3ccc(OC(C)C)cc3)C(=O)C(=O)N2Cc2cccnc2)cc1. The van der Waals surface area contributed by atoms with Crippen molar-refractivity contribution in [3.8, 4) is 5.75 Å². The van der Waals surface area contributed by atoms with Gasteiger partial charge in [0.1, 0.15) is 11.5 Å². The number of rotatable bonds is 7. The lowest BCUT2D eigenvalue weighted by Gasteiger charge is -2.25. The summed E-state index contributed by atoms with van der Waals surface area (Å²) in [5.74, 6) is -0.883. The molecule has 6 heteroatoms. The Bertz CT molecular complexity index is 1200. The monoisotopic (exact) mass is 456 g/mol. The van der Waals surface area contributed by atoms with Gasteiger partial charge in [0.2, 0.25) is 0 Å². The second-order valence-corrected chi connectivity index (χ2v) is 8.57. The fourth-order valence-electron chi connectivity index (χ4n) is 4.13. The number of aliphatic hydroxyl groups is 1. The molecule has 34 heavy (non-hydrogen) atoms. The third kappa shape index (κ3) is 4.71. The molecule has 1 N–H and O–H groups in total. The first-order chi connectivity index (χ1) is 16.4. The average molecular weight is 457 g/mol. The van der Waals surface area contributed by atoms with E-state index in [9.17, 15) is 14.7 Å². The van der Waals surface area contributed by atoms with Crippen LogP contribution in [0.5, 0.6) is 5.75 Å². The number of ketones is 1. The summed E-state index contributed by atoms with van der Waals surface area (Å²) in [6.45, 7) is 6.13. The molecule has 1 fully saturated rings. The first-order valence-electron chi connectivity index (χ1n) is 11.4. The van der Waals surface area contributed by atoms with Gasteiger partial charge in [-0.1, -0.05) is 37.3 Å². The standard InChI is InChI=1S/C28H28N2O4/c1-4-19-7-9-21(10-8-19)25-24(26(31)22-11-13-23(14-12-22)34-18(2)3)27(32)28(33)30(25)17-20-6-5-15-29-16-20/h5-16,18,25,31H,4,17H2,1-3H3/t25-/m0/s1. The zero-order valence-electron chi connectivity index (χ0n) is 19.6. The van der Waals surface area contributed by atoms with Crippen molar-refractivity contribution in [2.75, 3.05) is 0 Å². The van der Waals surface area contributed by atoms with Gasteiger partial charge in [0.05, 0.1) is 17.7 Å². The van der Waals surface area contributed by atoms with Gasteiger partial charge in [-0.25, -0.2) is 0 Å². The minimum absolute atomic E-state index is 0.0170. The summed E-state index contributed by atoms with van der Waals surface area (Å²) >= 11 is 0. The van der Waals surface area contributed by atoms with E-state index in [1.807, 2.05) is 44.2 Å². The predicted octanol–water partition coefficient (Wildman–Crippen LogP) is 5.05. The molecule has 0 unspecified atom stereocenters. The highest BCUT2D eigenvalue weighted by molar-refractivity contribution is 6.46. The lowest BCUT2D eigenvalue weighted by atomic mass is 9.94. The Balaban J connectivity index is 1.79. The zero-order valence-corrected chi connectivity index (χ0v) is 19.6. The summed E-state index contributed by atoms with van der Waals surface area (Å²) in [4.78, 5) is 31.9. The third-order valence-corrected chi connectivity index (χ3v) is 5.82. The van der Waals surface area contributed by atoms with Crippen LogP contribution in [0.15, 0.2) is 78.6 Å². The summed E-state index contributed by atoms with van der Waals surface area (Å²) < 4.78 is 5.68. The lowest BCUT2D eigenvalue weighted by molar-refractivity contribution is -0.140. The van der Waals surface area contributed by atoms with E-state index in [0.29, 0.717) is 11.3 Å². The third-order valence-electron chi connectivity index (χ3n) is 5.82. The minimum atomic E-state index is -0.710. The Labute approximate surface area is 199 Å². The number of carbonyl (C=O) groups is 2. The predicted molar refractivity (Wildman–Crippen MR) is 130 cm³/mol. The van der Waals surface area contributed by atoms with Gasteiger partial charge in [-0.15, -0.1) is 0 Å². The van der Waals surface area contributed by atoms with E-state index < -0.39 is 17.7 Å². The first-order valence-corrected chi connectivity index (χ1v) is 11.4. The van der Waals surface area contributed by atoms with Crippen LogP contribution in [-0.2, 0) is 22.6 Å². The normalized spacial score (nSPS) is 17.4. The van der Waals surface area contributed by atoms with Gasteiger partial charge < -0.3 is 14.7 Å². The van der Waals surface area contributed by atoms with Gasteiger partial charge in [-0.05, 0) is 67.3 Å². The van der Waals surface area contributed by atoms with E-state index >= 15 is 0 Å². The highest BCUT2D eigenvalue weighted by atomic mass is 16.5.